The molecule has 4 heteroatoms. The number of hydrogen-bond donors (Lipinski definition) is 0. The summed E-state index contributed by atoms with van der Waals surface area (Å²) < 4.78 is 24.2. The van der Waals surface area contributed by atoms with Gasteiger partial charge in [-0.2, -0.15) is 0 Å². The van der Waals surface area contributed by atoms with E-state index in [2.05, 4.69) is 0 Å². The van der Waals surface area contributed by atoms with Crippen LogP contribution in [0.25, 0.3) is 0 Å². The molecule has 0 saturated carbocycles. The van der Waals surface area contributed by atoms with Crippen molar-refractivity contribution in [1.82, 2.24) is 0 Å². The van der Waals surface area contributed by atoms with Gasteiger partial charge in [-0.25, -0.2) is 4.57 Å². The molecule has 0 bridgehead atoms. The van der Waals surface area contributed by atoms with E-state index in [0.29, 0.717) is 12.4 Å². The van der Waals surface area contributed by atoms with Gasteiger partial charge >= 0.3 is 7.60 Å². The molecule has 2 rings (SSSR count). The van der Waals surface area contributed by atoms with Gasteiger partial charge in [0.25, 0.3) is 0 Å². The standard InChI is InChI=1S/C16H19O3P/c1-3-18-20(17,19-16-12-8-5-9-13-16)14(2)15-10-6-4-7-11-15/h4-14H,3H2,1-2H3. The SMILES string of the molecule is CCOP(=O)(Oc1ccccc1)C(C)c1ccccc1. The first-order valence-electron chi connectivity index (χ1n) is 6.69. The Bertz CT molecular complexity index is 569. The van der Waals surface area contributed by atoms with E-state index in [4.69, 9.17) is 9.05 Å². The van der Waals surface area contributed by atoms with Crippen LogP contribution >= 0.6 is 7.60 Å². The van der Waals surface area contributed by atoms with Gasteiger partial charge in [0.2, 0.25) is 0 Å². The van der Waals surface area contributed by atoms with Crippen molar-refractivity contribution in [3.8, 4) is 5.75 Å². The normalized spacial score (nSPS) is 15.3. The Kier molecular flexibility index (Phi) is 4.99. The lowest BCUT2D eigenvalue weighted by atomic mass is 10.2. The first-order chi connectivity index (χ1) is 9.65. The molecular weight excluding hydrogens is 271 g/mol. The fraction of sp³-hybridized carbons (Fsp3) is 0.250. The van der Waals surface area contributed by atoms with Gasteiger partial charge < -0.3 is 4.52 Å². The second-order valence-electron chi connectivity index (χ2n) is 4.45. The molecule has 0 amide bonds. The summed E-state index contributed by atoms with van der Waals surface area (Å²) in [6.07, 6.45) is 0. The molecule has 0 radical (unpaired) electrons. The Balaban J connectivity index is 2.27. The summed E-state index contributed by atoms with van der Waals surface area (Å²) in [5.74, 6) is 0.562. The van der Waals surface area contributed by atoms with E-state index in [1.165, 1.54) is 0 Å². The van der Waals surface area contributed by atoms with E-state index in [1.54, 1.807) is 12.1 Å². The molecule has 0 aromatic heterocycles. The van der Waals surface area contributed by atoms with Gasteiger partial charge in [0, 0.05) is 0 Å². The molecule has 2 aromatic carbocycles. The molecular formula is C16H19O3P. The maximum absolute atomic E-state index is 13.0. The van der Waals surface area contributed by atoms with Crippen LogP contribution in [-0.4, -0.2) is 6.61 Å². The van der Waals surface area contributed by atoms with Crippen molar-refractivity contribution >= 4 is 7.60 Å². The van der Waals surface area contributed by atoms with Crippen molar-refractivity contribution < 1.29 is 13.6 Å². The van der Waals surface area contributed by atoms with Crippen LogP contribution < -0.4 is 4.52 Å². The molecule has 2 unspecified atom stereocenters. The largest absolute Gasteiger partial charge is 0.424 e. The van der Waals surface area contributed by atoms with Gasteiger partial charge in [-0.1, -0.05) is 48.5 Å². The second kappa shape index (κ2) is 6.74. The van der Waals surface area contributed by atoms with Gasteiger partial charge in [-0.05, 0) is 31.5 Å². The van der Waals surface area contributed by atoms with Gasteiger partial charge in [-0.15, -0.1) is 0 Å². The molecule has 0 aliphatic heterocycles. The van der Waals surface area contributed by atoms with Crippen LogP contribution in [0.1, 0.15) is 25.1 Å². The lowest BCUT2D eigenvalue weighted by molar-refractivity contribution is 0.272. The summed E-state index contributed by atoms with van der Waals surface area (Å²) in [7, 11) is -3.25. The van der Waals surface area contributed by atoms with E-state index in [0.717, 1.165) is 5.56 Å². The Hall–Kier alpha value is -1.57. The fourth-order valence-electron chi connectivity index (χ4n) is 1.94. The van der Waals surface area contributed by atoms with E-state index < -0.39 is 7.60 Å². The van der Waals surface area contributed by atoms with Crippen LogP contribution in [-0.2, 0) is 9.09 Å². The number of rotatable bonds is 6. The molecule has 106 valence electrons. The summed E-state index contributed by atoms with van der Waals surface area (Å²) in [6.45, 7) is 4.04. The van der Waals surface area contributed by atoms with Crippen LogP contribution in [0.2, 0.25) is 0 Å². The fourth-order valence-corrected chi connectivity index (χ4v) is 3.69. The molecule has 0 fully saturated rings. The minimum Gasteiger partial charge on any atom is -0.424 e. The third-order valence-electron chi connectivity index (χ3n) is 3.04. The summed E-state index contributed by atoms with van der Waals surface area (Å²) in [5.41, 5.74) is 0.629. The number of benzene rings is 2. The molecule has 0 aliphatic carbocycles. The van der Waals surface area contributed by atoms with E-state index in [1.807, 2.05) is 62.4 Å². The van der Waals surface area contributed by atoms with Gasteiger partial charge in [-0.3, -0.25) is 4.52 Å². The molecule has 0 N–H and O–H groups in total. The highest BCUT2D eigenvalue weighted by Gasteiger charge is 2.34. The van der Waals surface area contributed by atoms with Crippen molar-refractivity contribution in [1.29, 1.82) is 0 Å². The van der Waals surface area contributed by atoms with Crippen molar-refractivity contribution in [2.75, 3.05) is 6.61 Å². The maximum Gasteiger partial charge on any atom is 0.386 e. The molecule has 0 saturated heterocycles. The summed E-state index contributed by atoms with van der Waals surface area (Å²) in [6, 6.07) is 18.8. The van der Waals surface area contributed by atoms with E-state index >= 15 is 0 Å². The summed E-state index contributed by atoms with van der Waals surface area (Å²) in [4.78, 5) is 0. The second-order valence-corrected chi connectivity index (χ2v) is 6.74. The average Bonchev–Trinajstić information content (AvgIpc) is 2.48. The minimum atomic E-state index is -3.25. The molecule has 2 aromatic rings. The highest BCUT2D eigenvalue weighted by atomic mass is 31.2. The first-order valence-corrected chi connectivity index (χ1v) is 8.31. The highest BCUT2D eigenvalue weighted by molar-refractivity contribution is 7.54. The van der Waals surface area contributed by atoms with Crippen LogP contribution in [0, 0.1) is 0 Å². The van der Waals surface area contributed by atoms with Gasteiger partial charge in [0.15, 0.2) is 0 Å². The molecule has 2 atom stereocenters. The van der Waals surface area contributed by atoms with Crippen molar-refractivity contribution in [2.24, 2.45) is 0 Å². The third kappa shape index (κ3) is 3.50. The zero-order chi connectivity index (χ0) is 14.4. The monoisotopic (exact) mass is 290 g/mol. The molecule has 3 nitrogen and oxygen atoms in total. The van der Waals surface area contributed by atoms with Crippen LogP contribution in [0.3, 0.4) is 0 Å². The first kappa shape index (κ1) is 14.8. The molecule has 20 heavy (non-hydrogen) atoms. The van der Waals surface area contributed by atoms with Crippen LogP contribution in [0.4, 0.5) is 0 Å². The Labute approximate surface area is 120 Å². The predicted molar refractivity (Wildman–Crippen MR) is 81.2 cm³/mol. The minimum absolute atomic E-state index is 0.316. The number of para-hydroxylation sites is 1. The molecule has 0 heterocycles. The number of hydrogen-bond acceptors (Lipinski definition) is 3. The smallest absolute Gasteiger partial charge is 0.386 e. The van der Waals surface area contributed by atoms with Gasteiger partial charge in [0.05, 0.1) is 12.3 Å². The molecule has 0 aliphatic rings. The average molecular weight is 290 g/mol. The zero-order valence-electron chi connectivity index (χ0n) is 11.7. The van der Waals surface area contributed by atoms with Crippen LogP contribution in [0.5, 0.6) is 5.75 Å². The third-order valence-corrected chi connectivity index (χ3v) is 5.37. The Morgan fingerprint density at radius 2 is 1.55 bits per heavy atom. The summed E-state index contributed by atoms with van der Waals surface area (Å²) in [5, 5.41) is 0. The highest BCUT2D eigenvalue weighted by Crippen LogP contribution is 2.60. The van der Waals surface area contributed by atoms with E-state index in [-0.39, 0.29) is 5.66 Å². The lowest BCUT2D eigenvalue weighted by Gasteiger charge is -2.24. The Morgan fingerprint density at radius 3 is 2.10 bits per heavy atom. The maximum atomic E-state index is 13.0. The lowest BCUT2D eigenvalue weighted by Crippen LogP contribution is -2.06. The zero-order valence-corrected chi connectivity index (χ0v) is 12.6. The van der Waals surface area contributed by atoms with Gasteiger partial charge in [0.1, 0.15) is 5.75 Å². The van der Waals surface area contributed by atoms with E-state index in [9.17, 15) is 4.57 Å². The quantitative estimate of drug-likeness (QED) is 0.698. The topological polar surface area (TPSA) is 35.5 Å². The molecule has 0 spiro atoms. The predicted octanol–water partition coefficient (Wildman–Crippen LogP) is 5.06. The van der Waals surface area contributed by atoms with Crippen LogP contribution in [0.15, 0.2) is 60.7 Å². The van der Waals surface area contributed by atoms with Crippen molar-refractivity contribution in [3.63, 3.8) is 0 Å². The van der Waals surface area contributed by atoms with Crippen molar-refractivity contribution in [3.05, 3.63) is 66.2 Å². The Morgan fingerprint density at radius 1 is 1.00 bits per heavy atom. The summed E-state index contributed by atoms with van der Waals surface area (Å²) >= 11 is 0. The van der Waals surface area contributed by atoms with Crippen molar-refractivity contribution in [2.45, 2.75) is 19.5 Å².